The number of hydrogen-bond acceptors (Lipinski definition) is 2. The third kappa shape index (κ3) is 1.99. The average molecular weight is 249 g/mol. The van der Waals surface area contributed by atoms with E-state index >= 15 is 0 Å². The zero-order chi connectivity index (χ0) is 13.3. The van der Waals surface area contributed by atoms with Crippen molar-refractivity contribution in [3.05, 3.63) is 47.3 Å². The summed E-state index contributed by atoms with van der Waals surface area (Å²) >= 11 is 0. The van der Waals surface area contributed by atoms with Gasteiger partial charge in [-0.2, -0.15) is 0 Å². The number of aliphatic carboxylic acids is 1. The summed E-state index contributed by atoms with van der Waals surface area (Å²) in [6.45, 7) is 1.84. The van der Waals surface area contributed by atoms with Gasteiger partial charge in [0.15, 0.2) is 6.04 Å². The SMILES string of the molecule is CC1=CCN(C(=O)c2ccccc2F)C1C(=O)O. The van der Waals surface area contributed by atoms with Crippen molar-refractivity contribution in [3.8, 4) is 0 Å². The number of carboxylic acids is 1. The van der Waals surface area contributed by atoms with Crippen molar-refractivity contribution in [2.24, 2.45) is 0 Å². The standard InChI is InChI=1S/C13H12FNO3/c1-8-6-7-15(11(8)13(17)18)12(16)9-4-2-3-5-10(9)14/h2-6,11H,7H2,1H3,(H,17,18). The van der Waals surface area contributed by atoms with Crippen LogP contribution in [0, 0.1) is 5.82 Å². The summed E-state index contributed by atoms with van der Waals surface area (Å²) in [5.41, 5.74) is 0.485. The van der Waals surface area contributed by atoms with E-state index in [-0.39, 0.29) is 12.1 Å². The normalized spacial score (nSPS) is 18.7. The first-order valence-corrected chi connectivity index (χ1v) is 5.47. The fourth-order valence-corrected chi connectivity index (χ4v) is 2.02. The van der Waals surface area contributed by atoms with Gasteiger partial charge in [-0.25, -0.2) is 9.18 Å². The fraction of sp³-hybridized carbons (Fsp3) is 0.231. The molecular formula is C13H12FNO3. The lowest BCUT2D eigenvalue weighted by molar-refractivity contribution is -0.140. The van der Waals surface area contributed by atoms with Crippen LogP contribution in [0.1, 0.15) is 17.3 Å². The minimum Gasteiger partial charge on any atom is -0.479 e. The minimum absolute atomic E-state index is 0.105. The molecule has 1 N–H and O–H groups in total. The largest absolute Gasteiger partial charge is 0.479 e. The summed E-state index contributed by atoms with van der Waals surface area (Å²) in [5.74, 6) is -2.35. The molecular weight excluding hydrogens is 237 g/mol. The maximum absolute atomic E-state index is 13.5. The van der Waals surface area contributed by atoms with Crippen LogP contribution >= 0.6 is 0 Å². The number of halogens is 1. The van der Waals surface area contributed by atoms with E-state index in [0.29, 0.717) is 5.57 Å². The van der Waals surface area contributed by atoms with Gasteiger partial charge in [0.05, 0.1) is 5.56 Å². The molecule has 2 rings (SSSR count). The first-order valence-electron chi connectivity index (χ1n) is 5.47. The smallest absolute Gasteiger partial charge is 0.330 e. The van der Waals surface area contributed by atoms with Gasteiger partial charge >= 0.3 is 5.97 Å². The molecule has 1 aromatic rings. The van der Waals surface area contributed by atoms with E-state index in [1.165, 1.54) is 18.2 Å². The summed E-state index contributed by atoms with van der Waals surface area (Å²) < 4.78 is 13.5. The Balaban J connectivity index is 2.31. The molecule has 1 aromatic carbocycles. The van der Waals surface area contributed by atoms with Crippen molar-refractivity contribution in [2.45, 2.75) is 13.0 Å². The number of carboxylic acid groups (broad SMARTS) is 1. The monoisotopic (exact) mass is 249 g/mol. The van der Waals surface area contributed by atoms with E-state index in [2.05, 4.69) is 0 Å². The van der Waals surface area contributed by atoms with Gasteiger partial charge in [-0.05, 0) is 24.6 Å². The van der Waals surface area contributed by atoms with Crippen LogP contribution in [0.2, 0.25) is 0 Å². The Bertz CT molecular complexity index is 539. The van der Waals surface area contributed by atoms with Crippen LogP contribution in [-0.4, -0.2) is 34.5 Å². The van der Waals surface area contributed by atoms with Crippen LogP contribution in [0.4, 0.5) is 4.39 Å². The molecule has 1 unspecified atom stereocenters. The Morgan fingerprint density at radius 2 is 2.06 bits per heavy atom. The van der Waals surface area contributed by atoms with Gasteiger partial charge in [0.1, 0.15) is 5.82 Å². The minimum atomic E-state index is -1.11. The van der Waals surface area contributed by atoms with E-state index in [4.69, 9.17) is 5.11 Å². The molecule has 0 radical (unpaired) electrons. The van der Waals surface area contributed by atoms with Crippen LogP contribution in [0.25, 0.3) is 0 Å². The number of amides is 1. The zero-order valence-corrected chi connectivity index (χ0v) is 9.76. The van der Waals surface area contributed by atoms with Crippen molar-refractivity contribution in [2.75, 3.05) is 6.54 Å². The third-order valence-electron chi connectivity index (χ3n) is 2.95. The van der Waals surface area contributed by atoms with Gasteiger partial charge in [-0.1, -0.05) is 18.2 Å². The van der Waals surface area contributed by atoms with Gasteiger partial charge < -0.3 is 10.0 Å². The highest BCUT2D eigenvalue weighted by Gasteiger charge is 2.35. The lowest BCUT2D eigenvalue weighted by Gasteiger charge is -2.23. The fourth-order valence-electron chi connectivity index (χ4n) is 2.02. The number of carbonyl (C=O) groups excluding carboxylic acids is 1. The average Bonchev–Trinajstić information content (AvgIpc) is 2.71. The molecule has 4 nitrogen and oxygen atoms in total. The number of carbonyl (C=O) groups is 2. The summed E-state index contributed by atoms with van der Waals surface area (Å²) in [4.78, 5) is 24.4. The maximum Gasteiger partial charge on any atom is 0.330 e. The Hall–Kier alpha value is -2.17. The Kier molecular flexibility index (Phi) is 3.14. The van der Waals surface area contributed by atoms with E-state index in [1.807, 2.05) is 0 Å². The molecule has 0 aromatic heterocycles. The van der Waals surface area contributed by atoms with Gasteiger partial charge in [-0.3, -0.25) is 4.79 Å². The highest BCUT2D eigenvalue weighted by Crippen LogP contribution is 2.21. The Labute approximate surface area is 103 Å². The van der Waals surface area contributed by atoms with Crippen LogP contribution in [0.5, 0.6) is 0 Å². The predicted octanol–water partition coefficient (Wildman–Crippen LogP) is 1.68. The van der Waals surface area contributed by atoms with Crippen molar-refractivity contribution in [1.82, 2.24) is 4.90 Å². The van der Waals surface area contributed by atoms with Crippen LogP contribution in [0.3, 0.4) is 0 Å². The predicted molar refractivity (Wildman–Crippen MR) is 62.6 cm³/mol. The van der Waals surface area contributed by atoms with Gasteiger partial charge in [0.25, 0.3) is 5.91 Å². The lowest BCUT2D eigenvalue weighted by atomic mass is 10.1. The van der Waals surface area contributed by atoms with E-state index in [9.17, 15) is 14.0 Å². The molecule has 0 spiro atoms. The van der Waals surface area contributed by atoms with Crippen LogP contribution in [0.15, 0.2) is 35.9 Å². The first kappa shape index (κ1) is 12.3. The molecule has 18 heavy (non-hydrogen) atoms. The summed E-state index contributed by atoms with van der Waals surface area (Å²) in [6, 6.07) is 4.55. The topological polar surface area (TPSA) is 57.6 Å². The Morgan fingerprint density at radius 1 is 1.39 bits per heavy atom. The van der Waals surface area contributed by atoms with Crippen LogP contribution in [-0.2, 0) is 4.79 Å². The van der Waals surface area contributed by atoms with Crippen molar-refractivity contribution >= 4 is 11.9 Å². The summed E-state index contributed by atoms with van der Waals surface area (Å²) in [6.07, 6.45) is 1.66. The van der Waals surface area contributed by atoms with E-state index < -0.39 is 23.7 Å². The van der Waals surface area contributed by atoms with Gasteiger partial charge in [0.2, 0.25) is 0 Å². The van der Waals surface area contributed by atoms with Gasteiger partial charge in [-0.15, -0.1) is 0 Å². The molecule has 5 heteroatoms. The molecule has 0 saturated heterocycles. The molecule has 94 valence electrons. The highest BCUT2D eigenvalue weighted by atomic mass is 19.1. The molecule has 0 bridgehead atoms. The van der Waals surface area contributed by atoms with E-state index in [1.54, 1.807) is 19.1 Å². The zero-order valence-electron chi connectivity index (χ0n) is 9.76. The number of benzene rings is 1. The molecule has 1 heterocycles. The Morgan fingerprint density at radius 3 is 2.67 bits per heavy atom. The van der Waals surface area contributed by atoms with Crippen LogP contribution < -0.4 is 0 Å². The molecule has 0 aliphatic carbocycles. The quantitative estimate of drug-likeness (QED) is 0.811. The molecule has 1 aliphatic rings. The van der Waals surface area contributed by atoms with Crippen molar-refractivity contribution in [3.63, 3.8) is 0 Å². The van der Waals surface area contributed by atoms with Gasteiger partial charge in [0, 0.05) is 6.54 Å². The summed E-state index contributed by atoms with van der Waals surface area (Å²) in [7, 11) is 0. The molecule has 1 aliphatic heterocycles. The second-order valence-corrected chi connectivity index (χ2v) is 4.13. The van der Waals surface area contributed by atoms with Crippen molar-refractivity contribution in [1.29, 1.82) is 0 Å². The second kappa shape index (κ2) is 4.60. The number of rotatable bonds is 2. The molecule has 1 atom stereocenters. The lowest BCUT2D eigenvalue weighted by Crippen LogP contribution is -2.42. The second-order valence-electron chi connectivity index (χ2n) is 4.13. The third-order valence-corrected chi connectivity index (χ3v) is 2.95. The first-order chi connectivity index (χ1) is 8.52. The molecule has 0 fully saturated rings. The number of nitrogens with zero attached hydrogens (tertiary/aromatic N) is 1. The highest BCUT2D eigenvalue weighted by molar-refractivity contribution is 5.98. The summed E-state index contributed by atoms with van der Waals surface area (Å²) in [5, 5.41) is 9.09. The maximum atomic E-state index is 13.5. The molecule has 1 amide bonds. The molecule has 0 saturated carbocycles. The van der Waals surface area contributed by atoms with E-state index in [0.717, 1.165) is 4.90 Å². The number of hydrogen-bond donors (Lipinski definition) is 1. The van der Waals surface area contributed by atoms with Crippen molar-refractivity contribution < 1.29 is 19.1 Å².